The number of rotatable bonds is 2. The fourth-order valence-corrected chi connectivity index (χ4v) is 2.22. The first-order valence-electron chi connectivity index (χ1n) is 3.27. The van der Waals surface area contributed by atoms with Gasteiger partial charge in [0.1, 0.15) is 0 Å². The first-order valence-corrected chi connectivity index (χ1v) is 5.93. The number of carboxylic acid groups (broad SMARTS) is 1. The third-order valence-corrected chi connectivity index (χ3v) is 3.17. The topological polar surface area (TPSA) is 37.3 Å². The number of halogens is 1. The predicted molar refractivity (Wildman–Crippen MR) is 52.9 cm³/mol. The first-order chi connectivity index (χ1) is 5.65. The van der Waals surface area contributed by atoms with E-state index in [1.807, 2.05) is 6.92 Å². The van der Waals surface area contributed by atoms with Crippen LogP contribution in [0.25, 0.3) is 0 Å². The summed E-state index contributed by atoms with van der Waals surface area (Å²) in [5, 5.41) is 8.67. The van der Waals surface area contributed by atoms with E-state index in [4.69, 9.17) is 5.11 Å². The molecular formula is C8H7BrO2S. The second-order valence-electron chi connectivity index (χ2n) is 2.36. The molecule has 1 aromatic carbocycles. The van der Waals surface area contributed by atoms with Crippen LogP contribution in [0.4, 0.5) is 0 Å². The third kappa shape index (κ3) is 2.01. The Labute approximate surface area is 82.2 Å². The van der Waals surface area contributed by atoms with Gasteiger partial charge in [-0.05, 0) is 49.6 Å². The van der Waals surface area contributed by atoms with Crippen LogP contribution < -0.4 is 0 Å². The van der Waals surface area contributed by atoms with Gasteiger partial charge >= 0.3 is 5.97 Å². The second kappa shape index (κ2) is 3.96. The normalized spacial score (nSPS) is 9.83. The number of aromatic carboxylic acids is 1. The molecule has 1 N–H and O–H groups in total. The minimum absolute atomic E-state index is 0.322. The summed E-state index contributed by atoms with van der Waals surface area (Å²) in [6.07, 6.45) is 0. The van der Waals surface area contributed by atoms with E-state index in [1.54, 1.807) is 18.2 Å². The van der Waals surface area contributed by atoms with Gasteiger partial charge in [-0.25, -0.2) is 4.79 Å². The van der Waals surface area contributed by atoms with Gasteiger partial charge in [-0.15, -0.1) is 0 Å². The van der Waals surface area contributed by atoms with Crippen LogP contribution in [0.3, 0.4) is 0 Å². The Kier molecular flexibility index (Phi) is 3.17. The fourth-order valence-electron chi connectivity index (χ4n) is 0.816. The molecular weight excluding hydrogens is 240 g/mol. The molecule has 1 aromatic rings. The van der Waals surface area contributed by atoms with Crippen LogP contribution in [0.1, 0.15) is 15.9 Å². The largest absolute Gasteiger partial charge is 0.478 e. The molecule has 0 unspecified atom stereocenters. The summed E-state index contributed by atoms with van der Waals surface area (Å²) in [6, 6.07) is 5.05. The lowest BCUT2D eigenvalue weighted by molar-refractivity contribution is 0.0696. The molecule has 0 radical (unpaired) electrons. The highest BCUT2D eigenvalue weighted by molar-refractivity contribution is 9.50. The molecule has 1 rings (SSSR count). The molecule has 0 spiro atoms. The van der Waals surface area contributed by atoms with Gasteiger partial charge in [-0.3, -0.25) is 0 Å². The number of carboxylic acids is 1. The number of benzene rings is 1. The van der Waals surface area contributed by atoms with Gasteiger partial charge in [-0.1, -0.05) is 6.07 Å². The predicted octanol–water partition coefficient (Wildman–Crippen LogP) is 3.10. The summed E-state index contributed by atoms with van der Waals surface area (Å²) in [5.41, 5.74) is 1.39. The van der Waals surface area contributed by atoms with Crippen LogP contribution in [-0.4, -0.2) is 11.1 Å². The van der Waals surface area contributed by atoms with Gasteiger partial charge in [0.05, 0.1) is 5.56 Å². The van der Waals surface area contributed by atoms with Crippen LogP contribution in [0.15, 0.2) is 23.1 Å². The molecule has 0 atom stereocenters. The lowest BCUT2D eigenvalue weighted by Crippen LogP contribution is -1.96. The zero-order valence-corrected chi connectivity index (χ0v) is 8.78. The van der Waals surface area contributed by atoms with E-state index in [0.717, 1.165) is 10.5 Å². The van der Waals surface area contributed by atoms with Crippen LogP contribution in [0.2, 0.25) is 0 Å². The molecule has 0 saturated carbocycles. The monoisotopic (exact) mass is 246 g/mol. The minimum atomic E-state index is -0.891. The highest BCUT2D eigenvalue weighted by Crippen LogP contribution is 2.28. The van der Waals surface area contributed by atoms with Crippen molar-refractivity contribution in [2.24, 2.45) is 0 Å². The maximum atomic E-state index is 10.6. The quantitative estimate of drug-likeness (QED) is 0.872. The van der Waals surface area contributed by atoms with E-state index in [0.29, 0.717) is 5.56 Å². The van der Waals surface area contributed by atoms with Crippen molar-refractivity contribution in [2.45, 2.75) is 11.8 Å². The zero-order valence-electron chi connectivity index (χ0n) is 6.37. The molecule has 0 fully saturated rings. The summed E-state index contributed by atoms with van der Waals surface area (Å²) in [4.78, 5) is 11.5. The van der Waals surface area contributed by atoms with Gasteiger partial charge < -0.3 is 5.11 Å². The summed E-state index contributed by atoms with van der Waals surface area (Å²) in [5.74, 6) is -0.891. The molecule has 0 saturated heterocycles. The maximum Gasteiger partial charge on any atom is 0.335 e. The van der Waals surface area contributed by atoms with Gasteiger partial charge in [0.2, 0.25) is 0 Å². The molecule has 0 aliphatic rings. The standard InChI is InChI=1S/C8H7BrO2S/c1-5-2-3-6(8(10)11)4-7(5)12-9/h2-4H,1H3,(H,10,11). The Morgan fingerprint density at radius 3 is 2.75 bits per heavy atom. The summed E-state index contributed by atoms with van der Waals surface area (Å²) >= 11 is 3.22. The van der Waals surface area contributed by atoms with E-state index in [-0.39, 0.29) is 0 Å². The van der Waals surface area contributed by atoms with E-state index < -0.39 is 5.97 Å². The maximum absolute atomic E-state index is 10.6. The SMILES string of the molecule is Cc1ccc(C(=O)O)cc1SBr. The number of hydrogen-bond acceptors (Lipinski definition) is 2. The van der Waals surface area contributed by atoms with Crippen LogP contribution in [0, 0.1) is 6.92 Å². The number of aryl methyl sites for hydroxylation is 1. The average Bonchev–Trinajstić information content (AvgIpc) is 2.05. The molecule has 0 heterocycles. The first kappa shape index (κ1) is 9.61. The summed E-state index contributed by atoms with van der Waals surface area (Å²) in [7, 11) is 1.38. The van der Waals surface area contributed by atoms with E-state index >= 15 is 0 Å². The molecule has 0 aromatic heterocycles. The minimum Gasteiger partial charge on any atom is -0.478 e. The highest BCUT2D eigenvalue weighted by atomic mass is 79.9. The molecule has 2 nitrogen and oxygen atoms in total. The second-order valence-corrected chi connectivity index (χ2v) is 3.93. The average molecular weight is 247 g/mol. The van der Waals surface area contributed by atoms with Gasteiger partial charge in [-0.2, -0.15) is 0 Å². The van der Waals surface area contributed by atoms with Crippen LogP contribution >= 0.6 is 25.0 Å². The highest BCUT2D eigenvalue weighted by Gasteiger charge is 2.05. The van der Waals surface area contributed by atoms with E-state index in [2.05, 4.69) is 14.8 Å². The van der Waals surface area contributed by atoms with Crippen molar-refractivity contribution >= 4 is 31.0 Å². The van der Waals surface area contributed by atoms with Crippen LogP contribution in [-0.2, 0) is 0 Å². The Bertz CT molecular complexity index is 312. The van der Waals surface area contributed by atoms with Crippen molar-refractivity contribution < 1.29 is 9.90 Å². The lowest BCUT2D eigenvalue weighted by atomic mass is 10.1. The molecule has 0 amide bonds. The van der Waals surface area contributed by atoms with Gasteiger partial charge in [0.15, 0.2) is 0 Å². The van der Waals surface area contributed by atoms with Gasteiger partial charge in [0.25, 0.3) is 0 Å². The van der Waals surface area contributed by atoms with Gasteiger partial charge in [0, 0.05) is 4.90 Å². The third-order valence-electron chi connectivity index (χ3n) is 1.52. The van der Waals surface area contributed by atoms with E-state index in [1.165, 1.54) is 10.2 Å². The molecule has 4 heteroatoms. The van der Waals surface area contributed by atoms with Crippen molar-refractivity contribution in [1.29, 1.82) is 0 Å². The van der Waals surface area contributed by atoms with Crippen molar-refractivity contribution in [1.82, 2.24) is 0 Å². The van der Waals surface area contributed by atoms with Crippen molar-refractivity contribution in [3.63, 3.8) is 0 Å². The molecule has 0 bridgehead atoms. The zero-order chi connectivity index (χ0) is 9.14. The number of carbonyl (C=O) groups is 1. The molecule has 0 aliphatic heterocycles. The summed E-state index contributed by atoms with van der Waals surface area (Å²) < 4.78 is 0. The lowest BCUT2D eigenvalue weighted by Gasteiger charge is -2.01. The fraction of sp³-hybridized carbons (Fsp3) is 0.125. The summed E-state index contributed by atoms with van der Waals surface area (Å²) in [6.45, 7) is 1.94. The Morgan fingerprint density at radius 2 is 2.25 bits per heavy atom. The van der Waals surface area contributed by atoms with Crippen molar-refractivity contribution in [2.75, 3.05) is 0 Å². The Morgan fingerprint density at radius 1 is 1.58 bits per heavy atom. The van der Waals surface area contributed by atoms with Crippen molar-refractivity contribution in [3.8, 4) is 0 Å². The molecule has 0 aliphatic carbocycles. The molecule has 64 valence electrons. The van der Waals surface area contributed by atoms with Crippen LogP contribution in [0.5, 0.6) is 0 Å². The Hall–Kier alpha value is -0.480. The Balaban J connectivity index is 3.13. The number of hydrogen-bond donors (Lipinski definition) is 1. The smallest absolute Gasteiger partial charge is 0.335 e. The van der Waals surface area contributed by atoms with E-state index in [9.17, 15) is 4.79 Å². The molecule has 12 heavy (non-hydrogen) atoms. The van der Waals surface area contributed by atoms with Crippen molar-refractivity contribution in [3.05, 3.63) is 29.3 Å².